The highest BCUT2D eigenvalue weighted by Crippen LogP contribution is 1.72. The van der Waals surface area contributed by atoms with Crippen LogP contribution in [0.5, 0.6) is 0 Å². The van der Waals surface area contributed by atoms with E-state index >= 15 is 0 Å². The second-order valence-corrected chi connectivity index (χ2v) is 1.07. The van der Waals surface area contributed by atoms with Gasteiger partial charge in [-0.3, -0.25) is 0 Å². The molecule has 54 valence electrons. The van der Waals surface area contributed by atoms with E-state index in [1.807, 2.05) is 0 Å². The van der Waals surface area contributed by atoms with Crippen molar-refractivity contribution in [3.63, 3.8) is 0 Å². The molecule has 0 aliphatic rings. The van der Waals surface area contributed by atoms with Crippen LogP contribution in [0, 0.1) is 0 Å². The highest BCUT2D eigenvalue weighted by molar-refractivity contribution is 4.25. The Morgan fingerprint density at radius 2 is 1.88 bits per heavy atom. The molecule has 0 unspecified atom stereocenters. The van der Waals surface area contributed by atoms with Gasteiger partial charge in [-0.1, -0.05) is 14.9 Å². The third-order valence-corrected chi connectivity index (χ3v) is 0.507. The van der Waals surface area contributed by atoms with Gasteiger partial charge >= 0.3 is 0 Å². The largest absolute Gasteiger partial charge is 0.396 e. The van der Waals surface area contributed by atoms with Crippen molar-refractivity contribution in [2.24, 2.45) is 0 Å². The van der Waals surface area contributed by atoms with Gasteiger partial charge in [-0.05, 0) is 6.42 Å². The zero-order chi connectivity index (χ0) is 4.83. The molecule has 0 fully saturated rings. The van der Waals surface area contributed by atoms with E-state index in [0.29, 0.717) is 6.61 Å². The fourth-order valence-electron chi connectivity index (χ4n) is 0.209. The van der Waals surface area contributed by atoms with Crippen LogP contribution in [0.2, 0.25) is 0 Å². The number of aliphatic hydroxyl groups excluding tert-OH is 1. The summed E-state index contributed by atoms with van der Waals surface area (Å²) in [5.74, 6) is 0. The highest BCUT2D eigenvalue weighted by atomic mass is 16.5. The first kappa shape index (κ1) is 15.7. The molecule has 1 N–H and O–H groups in total. The van der Waals surface area contributed by atoms with Gasteiger partial charge in [0.1, 0.15) is 0 Å². The summed E-state index contributed by atoms with van der Waals surface area (Å²) in [4.78, 5) is 0. The van der Waals surface area contributed by atoms with Gasteiger partial charge in [0.2, 0.25) is 0 Å². The predicted molar refractivity (Wildman–Crippen MR) is 37.0 cm³/mol. The topological polar surface area (TPSA) is 29.5 Å². The van der Waals surface area contributed by atoms with Gasteiger partial charge in [0, 0.05) is 20.3 Å². The van der Waals surface area contributed by atoms with Gasteiger partial charge < -0.3 is 9.84 Å². The van der Waals surface area contributed by atoms with Crippen molar-refractivity contribution in [1.82, 2.24) is 0 Å². The average Bonchev–Trinajstić information content (AvgIpc) is 1.61. The summed E-state index contributed by atoms with van der Waals surface area (Å²) >= 11 is 0. The number of hydrogen-bond acceptors (Lipinski definition) is 2. The first-order valence-electron chi connectivity index (χ1n) is 2.01. The summed E-state index contributed by atoms with van der Waals surface area (Å²) in [6.07, 6.45) is 0.747. The van der Waals surface area contributed by atoms with Crippen LogP contribution in [0.25, 0.3) is 0 Å². The third-order valence-electron chi connectivity index (χ3n) is 0.507. The molecule has 0 aliphatic heterocycles. The van der Waals surface area contributed by atoms with E-state index < -0.39 is 0 Å². The van der Waals surface area contributed by atoms with Crippen LogP contribution in [-0.2, 0) is 4.74 Å². The molecule has 0 aromatic carbocycles. The maximum absolute atomic E-state index is 8.12. The zero-order valence-electron chi connectivity index (χ0n) is 3.98. The molecule has 0 amide bonds. The van der Waals surface area contributed by atoms with Crippen LogP contribution in [-0.4, -0.2) is 25.4 Å². The normalized spacial score (nSPS) is 6.75. The molecule has 0 aromatic rings. The van der Waals surface area contributed by atoms with Crippen LogP contribution < -0.4 is 0 Å². The van der Waals surface area contributed by atoms with Gasteiger partial charge in [-0.2, -0.15) is 0 Å². The van der Waals surface area contributed by atoms with Gasteiger partial charge in [0.25, 0.3) is 0 Å². The van der Waals surface area contributed by atoms with Crippen molar-refractivity contribution in [3.8, 4) is 0 Å². The Morgan fingerprint density at radius 1 is 1.38 bits per heavy atom. The molecule has 0 heterocycles. The molecule has 0 atom stereocenters. The van der Waals surface area contributed by atoms with Gasteiger partial charge in [0.05, 0.1) is 0 Å². The average molecular weight is 122 g/mol. The SMILES string of the molecule is C.C.COCCCO. The molecule has 2 nitrogen and oxygen atoms in total. The van der Waals surface area contributed by atoms with Crippen LogP contribution in [0.15, 0.2) is 0 Å². The minimum absolute atomic E-state index is 0. The lowest BCUT2D eigenvalue weighted by Gasteiger charge is -1.89. The molecule has 0 spiro atoms. The van der Waals surface area contributed by atoms with E-state index in [9.17, 15) is 0 Å². The van der Waals surface area contributed by atoms with E-state index in [1.165, 1.54) is 0 Å². The molecule has 0 rings (SSSR count). The lowest BCUT2D eigenvalue weighted by Crippen LogP contribution is -1.90. The summed E-state index contributed by atoms with van der Waals surface area (Å²) in [5.41, 5.74) is 0. The van der Waals surface area contributed by atoms with Crippen molar-refractivity contribution in [2.45, 2.75) is 21.3 Å². The third kappa shape index (κ3) is 16.8. The lowest BCUT2D eigenvalue weighted by molar-refractivity contribution is 0.166. The number of hydrogen-bond donors (Lipinski definition) is 1. The molecule has 0 radical (unpaired) electrons. The summed E-state index contributed by atoms with van der Waals surface area (Å²) in [5, 5.41) is 8.12. The van der Waals surface area contributed by atoms with E-state index in [1.54, 1.807) is 7.11 Å². The fourth-order valence-corrected chi connectivity index (χ4v) is 0.209. The molecule has 0 saturated carbocycles. The Kier molecular flexibility index (Phi) is 30.9. The van der Waals surface area contributed by atoms with Crippen molar-refractivity contribution >= 4 is 0 Å². The summed E-state index contributed by atoms with van der Waals surface area (Å²) in [6.45, 7) is 0.893. The van der Waals surface area contributed by atoms with Gasteiger partial charge in [-0.15, -0.1) is 0 Å². The monoisotopic (exact) mass is 122 g/mol. The van der Waals surface area contributed by atoms with E-state index in [2.05, 4.69) is 4.74 Å². The first-order chi connectivity index (χ1) is 2.91. The molecule has 0 bridgehead atoms. The lowest BCUT2D eigenvalue weighted by atomic mass is 10.5. The van der Waals surface area contributed by atoms with E-state index in [4.69, 9.17) is 5.11 Å². The van der Waals surface area contributed by atoms with Crippen molar-refractivity contribution in [2.75, 3.05) is 20.3 Å². The van der Waals surface area contributed by atoms with Crippen molar-refractivity contribution in [1.29, 1.82) is 0 Å². The smallest absolute Gasteiger partial charge is 0.0484 e. The number of aliphatic hydroxyl groups is 1. The standard InChI is InChI=1S/C4H10O2.2CH4/c1-6-4-2-3-5;;/h5H,2-4H2,1H3;2*1H4. The molecule has 0 aliphatic carbocycles. The fraction of sp³-hybridized carbons (Fsp3) is 1.00. The Bertz CT molecular complexity index is 18.5. The minimum atomic E-state index is 0. The summed E-state index contributed by atoms with van der Waals surface area (Å²) in [6, 6.07) is 0. The maximum Gasteiger partial charge on any atom is 0.0484 e. The van der Waals surface area contributed by atoms with Crippen LogP contribution in [0.4, 0.5) is 0 Å². The Balaban J connectivity index is -0.000000125. The first-order valence-corrected chi connectivity index (χ1v) is 2.01. The molecular weight excluding hydrogens is 104 g/mol. The number of ether oxygens (including phenoxy) is 1. The molecule has 2 heteroatoms. The predicted octanol–water partition coefficient (Wildman–Crippen LogP) is 1.29. The molecule has 0 saturated heterocycles. The number of methoxy groups -OCH3 is 1. The highest BCUT2D eigenvalue weighted by Gasteiger charge is 1.75. The second kappa shape index (κ2) is 15.8. The van der Waals surface area contributed by atoms with Gasteiger partial charge in [-0.25, -0.2) is 0 Å². The Hall–Kier alpha value is -0.0800. The van der Waals surface area contributed by atoms with Crippen molar-refractivity contribution in [3.05, 3.63) is 0 Å². The van der Waals surface area contributed by atoms with E-state index in [-0.39, 0.29) is 21.5 Å². The van der Waals surface area contributed by atoms with Crippen LogP contribution in [0.1, 0.15) is 21.3 Å². The maximum atomic E-state index is 8.12. The van der Waals surface area contributed by atoms with Crippen molar-refractivity contribution < 1.29 is 9.84 Å². The van der Waals surface area contributed by atoms with Gasteiger partial charge in [0.15, 0.2) is 0 Å². The number of rotatable bonds is 3. The summed E-state index contributed by atoms with van der Waals surface area (Å²) < 4.78 is 4.62. The molecule has 0 aromatic heterocycles. The quantitative estimate of drug-likeness (QED) is 0.571. The molecular formula is C6H18O2. The van der Waals surface area contributed by atoms with Crippen LogP contribution in [0.3, 0.4) is 0 Å². The summed E-state index contributed by atoms with van der Waals surface area (Å²) in [7, 11) is 1.62. The second-order valence-electron chi connectivity index (χ2n) is 1.07. The zero-order valence-corrected chi connectivity index (χ0v) is 3.98. The Morgan fingerprint density at radius 3 is 2.00 bits per heavy atom. The molecule has 8 heavy (non-hydrogen) atoms. The van der Waals surface area contributed by atoms with E-state index in [0.717, 1.165) is 6.42 Å². The Labute approximate surface area is 52.5 Å². The minimum Gasteiger partial charge on any atom is -0.396 e. The van der Waals surface area contributed by atoms with Crippen LogP contribution >= 0.6 is 0 Å².